The number of hydrogen-bond donors (Lipinski definition) is 0. The Bertz CT molecular complexity index is 1070. The maximum absolute atomic E-state index is 12.6. The van der Waals surface area contributed by atoms with Crippen molar-refractivity contribution >= 4 is 17.3 Å². The summed E-state index contributed by atoms with van der Waals surface area (Å²) in [6, 6.07) is 16.0. The lowest BCUT2D eigenvalue weighted by molar-refractivity contribution is 0.0988. The van der Waals surface area contributed by atoms with Crippen molar-refractivity contribution in [1.29, 1.82) is 0 Å². The van der Waals surface area contributed by atoms with Crippen LogP contribution < -0.4 is 4.74 Å². The minimum absolute atomic E-state index is 0.00743. The van der Waals surface area contributed by atoms with Crippen molar-refractivity contribution in [1.82, 2.24) is 4.98 Å². The second-order valence-corrected chi connectivity index (χ2v) is 7.20. The van der Waals surface area contributed by atoms with Crippen molar-refractivity contribution in [3.05, 3.63) is 94.8 Å². The van der Waals surface area contributed by atoms with Crippen LogP contribution >= 0.6 is 0 Å². The minimum Gasteiger partial charge on any atom is -0.484 e. The maximum Gasteiger partial charge on any atom is 0.168 e. The van der Waals surface area contributed by atoms with Gasteiger partial charge in [-0.05, 0) is 38.0 Å². The fourth-order valence-corrected chi connectivity index (χ4v) is 3.04. The number of benzene rings is 2. The predicted molar refractivity (Wildman–Crippen MR) is 114 cm³/mol. The molecule has 0 saturated carbocycles. The predicted octanol–water partition coefficient (Wildman–Crippen LogP) is 5.05. The highest BCUT2D eigenvalue weighted by molar-refractivity contribution is 5.98. The first kappa shape index (κ1) is 21.1. The molecule has 0 amide bonds. The molecule has 0 bridgehead atoms. The third kappa shape index (κ3) is 5.26. The van der Waals surface area contributed by atoms with E-state index in [-0.39, 0.29) is 29.9 Å². The largest absolute Gasteiger partial charge is 0.484 e. The molecule has 5 nitrogen and oxygen atoms in total. The van der Waals surface area contributed by atoms with E-state index >= 15 is 0 Å². The summed E-state index contributed by atoms with van der Waals surface area (Å²) in [5, 5.41) is 0. The van der Waals surface area contributed by atoms with Crippen molar-refractivity contribution < 1.29 is 19.1 Å². The van der Waals surface area contributed by atoms with Gasteiger partial charge in [-0.1, -0.05) is 48.5 Å². The normalized spacial score (nSPS) is 11.6. The van der Waals surface area contributed by atoms with Crippen LogP contribution in [0.2, 0.25) is 0 Å². The molecule has 0 spiro atoms. The van der Waals surface area contributed by atoms with Gasteiger partial charge in [0.25, 0.3) is 0 Å². The Morgan fingerprint density at radius 2 is 1.40 bits per heavy atom. The lowest BCUT2D eigenvalue weighted by Crippen LogP contribution is -2.07. The molecule has 0 aliphatic carbocycles. The van der Waals surface area contributed by atoms with Crippen LogP contribution in [0.25, 0.3) is 0 Å². The summed E-state index contributed by atoms with van der Waals surface area (Å²) in [5.41, 5.74) is 3.48. The fourth-order valence-electron chi connectivity index (χ4n) is 3.04. The van der Waals surface area contributed by atoms with E-state index in [9.17, 15) is 14.4 Å². The number of ketones is 3. The molecule has 5 heteroatoms. The number of pyridine rings is 1. The third-order valence-corrected chi connectivity index (χ3v) is 4.86. The number of aromatic nitrogens is 1. The third-order valence-electron chi connectivity index (χ3n) is 4.86. The zero-order valence-electron chi connectivity index (χ0n) is 17.2. The molecule has 30 heavy (non-hydrogen) atoms. The van der Waals surface area contributed by atoms with Gasteiger partial charge in [0, 0.05) is 29.3 Å². The van der Waals surface area contributed by atoms with Gasteiger partial charge in [-0.15, -0.1) is 0 Å². The van der Waals surface area contributed by atoms with E-state index in [2.05, 4.69) is 4.98 Å². The van der Waals surface area contributed by atoms with E-state index in [0.717, 1.165) is 11.1 Å². The van der Waals surface area contributed by atoms with Gasteiger partial charge < -0.3 is 4.74 Å². The summed E-state index contributed by atoms with van der Waals surface area (Å²) in [6.45, 7) is 4.94. The lowest BCUT2D eigenvalue weighted by Gasteiger charge is -2.15. The van der Waals surface area contributed by atoms with Gasteiger partial charge >= 0.3 is 0 Å². The molecule has 0 N–H and O–H groups in total. The molecule has 0 saturated heterocycles. The average Bonchev–Trinajstić information content (AvgIpc) is 2.74. The molecule has 1 unspecified atom stereocenters. The Kier molecular flexibility index (Phi) is 6.52. The number of Topliss-reactive ketones (excluding diaryl/α,β-unsaturated/α-hetero) is 3. The first-order valence-electron chi connectivity index (χ1n) is 9.69. The number of hydrogen-bond acceptors (Lipinski definition) is 5. The Labute approximate surface area is 175 Å². The Morgan fingerprint density at radius 3 is 1.97 bits per heavy atom. The van der Waals surface area contributed by atoms with Gasteiger partial charge in [0.15, 0.2) is 17.3 Å². The summed E-state index contributed by atoms with van der Waals surface area (Å²) in [4.78, 5) is 39.6. The first-order valence-corrected chi connectivity index (χ1v) is 9.69. The van der Waals surface area contributed by atoms with Crippen LogP contribution in [0.5, 0.6) is 5.75 Å². The summed E-state index contributed by atoms with van der Waals surface area (Å²) in [5.74, 6) is 0.423. The molecular formula is C25H23NO4. The van der Waals surface area contributed by atoms with Crippen LogP contribution in [0.15, 0.2) is 67.0 Å². The van der Waals surface area contributed by atoms with E-state index in [1.165, 1.54) is 20.0 Å². The van der Waals surface area contributed by atoms with Gasteiger partial charge in [0.1, 0.15) is 11.9 Å². The Morgan fingerprint density at radius 1 is 0.833 bits per heavy atom. The molecule has 0 radical (unpaired) electrons. The highest BCUT2D eigenvalue weighted by Crippen LogP contribution is 2.23. The first-order chi connectivity index (χ1) is 14.3. The van der Waals surface area contributed by atoms with Crippen LogP contribution in [0, 0.1) is 0 Å². The topological polar surface area (TPSA) is 73.3 Å². The summed E-state index contributed by atoms with van der Waals surface area (Å²) in [6.07, 6.45) is 3.03. The maximum atomic E-state index is 12.6. The highest BCUT2D eigenvalue weighted by Gasteiger charge is 2.13. The molecule has 0 aliphatic heterocycles. The van der Waals surface area contributed by atoms with Crippen molar-refractivity contribution in [2.45, 2.75) is 33.3 Å². The lowest BCUT2D eigenvalue weighted by atomic mass is 10.0. The summed E-state index contributed by atoms with van der Waals surface area (Å²) >= 11 is 0. The average molecular weight is 401 g/mol. The van der Waals surface area contributed by atoms with Crippen molar-refractivity contribution in [2.24, 2.45) is 0 Å². The molecule has 0 fully saturated rings. The number of ether oxygens (including phenoxy) is 1. The number of nitrogens with zero attached hydrogens (tertiary/aromatic N) is 1. The number of carbonyl (C=O) groups is 3. The standard InChI is InChI=1S/C25H23NO4/c1-16(27)20-6-4-19(5-7-20)12-25(29)23-13-24(15-26-14-23)30-18(3)22-10-8-21(9-11-22)17(2)28/h4-11,13-15,18H,12H2,1-3H3. The summed E-state index contributed by atoms with van der Waals surface area (Å²) < 4.78 is 5.95. The van der Waals surface area contributed by atoms with E-state index in [4.69, 9.17) is 4.74 Å². The van der Waals surface area contributed by atoms with E-state index in [1.807, 2.05) is 19.1 Å². The van der Waals surface area contributed by atoms with E-state index < -0.39 is 0 Å². The SMILES string of the molecule is CC(=O)c1ccc(CC(=O)c2cncc(OC(C)c3ccc(C(C)=O)cc3)c2)cc1. The van der Waals surface area contributed by atoms with Crippen LogP contribution in [-0.4, -0.2) is 22.3 Å². The minimum atomic E-state index is -0.266. The number of carbonyl (C=O) groups excluding carboxylic acids is 3. The second-order valence-electron chi connectivity index (χ2n) is 7.20. The zero-order valence-corrected chi connectivity index (χ0v) is 17.2. The van der Waals surface area contributed by atoms with Crippen molar-refractivity contribution in [3.63, 3.8) is 0 Å². The Balaban J connectivity index is 1.68. The molecule has 2 aromatic carbocycles. The van der Waals surface area contributed by atoms with Crippen LogP contribution in [0.4, 0.5) is 0 Å². The monoisotopic (exact) mass is 401 g/mol. The van der Waals surface area contributed by atoms with Crippen LogP contribution in [0.3, 0.4) is 0 Å². The summed E-state index contributed by atoms with van der Waals surface area (Å²) in [7, 11) is 0. The Hall–Kier alpha value is -3.60. The molecule has 1 atom stereocenters. The molecule has 3 aromatic rings. The van der Waals surface area contributed by atoms with Crippen molar-refractivity contribution in [3.8, 4) is 5.75 Å². The smallest absolute Gasteiger partial charge is 0.168 e. The molecule has 1 aromatic heterocycles. The van der Waals surface area contributed by atoms with Gasteiger partial charge in [0.2, 0.25) is 0 Å². The van der Waals surface area contributed by atoms with Crippen molar-refractivity contribution in [2.75, 3.05) is 0 Å². The van der Waals surface area contributed by atoms with Crippen LogP contribution in [0.1, 0.15) is 69.1 Å². The molecular weight excluding hydrogens is 378 g/mol. The van der Waals surface area contributed by atoms with E-state index in [1.54, 1.807) is 48.7 Å². The van der Waals surface area contributed by atoms with E-state index in [0.29, 0.717) is 22.4 Å². The van der Waals surface area contributed by atoms with Crippen LogP contribution in [-0.2, 0) is 6.42 Å². The molecule has 3 rings (SSSR count). The highest BCUT2D eigenvalue weighted by atomic mass is 16.5. The quantitative estimate of drug-likeness (QED) is 0.494. The zero-order chi connectivity index (χ0) is 21.7. The molecule has 152 valence electrons. The molecule has 0 aliphatic rings. The van der Waals surface area contributed by atoms with Gasteiger partial charge in [0.05, 0.1) is 6.20 Å². The number of rotatable bonds is 8. The second kappa shape index (κ2) is 9.27. The fraction of sp³-hybridized carbons (Fsp3) is 0.200. The van der Waals surface area contributed by atoms with Gasteiger partial charge in [-0.3, -0.25) is 19.4 Å². The van der Waals surface area contributed by atoms with Gasteiger partial charge in [-0.25, -0.2) is 0 Å². The molecule has 1 heterocycles. The van der Waals surface area contributed by atoms with Gasteiger partial charge in [-0.2, -0.15) is 0 Å².